The maximum absolute atomic E-state index is 11.3. The number of hydrogen-bond donors (Lipinski definition) is 4. The van der Waals surface area contributed by atoms with Crippen molar-refractivity contribution in [3.8, 4) is 23.7 Å². The Hall–Kier alpha value is -3.09. The van der Waals surface area contributed by atoms with Gasteiger partial charge in [0.25, 0.3) is 5.91 Å². The molecule has 126 valence electrons. The highest BCUT2D eigenvalue weighted by Gasteiger charge is 2.14. The third-order valence-corrected chi connectivity index (χ3v) is 3.42. The van der Waals surface area contributed by atoms with Crippen LogP contribution in [0.3, 0.4) is 0 Å². The molecular formula is C20H19N3O2. The topological polar surface area (TPSA) is 87.4 Å². The molecule has 25 heavy (non-hydrogen) atoms. The van der Waals surface area contributed by atoms with Crippen molar-refractivity contribution in [3.63, 3.8) is 0 Å². The zero-order valence-corrected chi connectivity index (χ0v) is 13.6. The highest BCUT2D eigenvalue weighted by atomic mass is 16.5. The molecule has 0 aliphatic rings. The normalized spacial score (nSPS) is 10.6. The Kier molecular flexibility index (Phi) is 7.24. The fraction of sp³-hybridized carbons (Fsp3) is 0.150. The highest BCUT2D eigenvalue weighted by molar-refractivity contribution is 5.80. The van der Waals surface area contributed by atoms with E-state index in [9.17, 15) is 4.79 Å². The Morgan fingerprint density at radius 1 is 1.00 bits per heavy atom. The lowest BCUT2D eigenvalue weighted by Crippen LogP contribution is -2.47. The van der Waals surface area contributed by atoms with Crippen molar-refractivity contribution in [1.82, 2.24) is 10.8 Å². The van der Waals surface area contributed by atoms with Gasteiger partial charge in [-0.2, -0.15) is 0 Å². The molecule has 5 N–H and O–H groups in total. The van der Waals surface area contributed by atoms with Gasteiger partial charge in [-0.05, 0) is 41.7 Å². The van der Waals surface area contributed by atoms with Crippen LogP contribution in [0.25, 0.3) is 0 Å². The molecule has 0 unspecified atom stereocenters. The first-order chi connectivity index (χ1) is 12.2. The number of nitrogens with two attached hydrogens (primary N) is 1. The van der Waals surface area contributed by atoms with Crippen molar-refractivity contribution in [3.05, 3.63) is 71.3 Å². The van der Waals surface area contributed by atoms with E-state index in [4.69, 9.17) is 10.9 Å². The maximum atomic E-state index is 11.3. The second-order valence-electron chi connectivity index (χ2n) is 5.21. The van der Waals surface area contributed by atoms with Gasteiger partial charge in [-0.25, -0.2) is 5.48 Å². The number of carbonyl (C=O) groups excluding carboxylic acids is 1. The average Bonchev–Trinajstić information content (AvgIpc) is 2.67. The summed E-state index contributed by atoms with van der Waals surface area (Å²) in [6.07, 6.45) is 0. The number of benzene rings is 2. The van der Waals surface area contributed by atoms with E-state index in [0.29, 0.717) is 6.54 Å². The van der Waals surface area contributed by atoms with E-state index >= 15 is 0 Å². The van der Waals surface area contributed by atoms with Crippen LogP contribution in [-0.4, -0.2) is 23.7 Å². The standard InChI is InChI=1S/C20H19N3O2/c21-14-19(20(24)23-25)22-15-18-12-10-17(11-13-18)9-5-4-8-16-6-2-1-3-7-16/h1-3,6-7,10-13,19,22,25H,14-15,21H2,(H,23,24)/t19-/m0/s1. The van der Waals surface area contributed by atoms with E-state index < -0.39 is 11.9 Å². The molecule has 2 aromatic carbocycles. The van der Waals surface area contributed by atoms with Gasteiger partial charge in [-0.15, -0.1) is 0 Å². The van der Waals surface area contributed by atoms with E-state index in [-0.39, 0.29) is 6.54 Å². The molecule has 0 aliphatic carbocycles. The van der Waals surface area contributed by atoms with Crippen LogP contribution in [0.2, 0.25) is 0 Å². The Morgan fingerprint density at radius 3 is 2.16 bits per heavy atom. The van der Waals surface area contributed by atoms with Crippen LogP contribution >= 0.6 is 0 Å². The highest BCUT2D eigenvalue weighted by Crippen LogP contribution is 2.03. The minimum Gasteiger partial charge on any atom is -0.328 e. The van der Waals surface area contributed by atoms with Crippen LogP contribution in [0.1, 0.15) is 16.7 Å². The molecule has 0 saturated carbocycles. The van der Waals surface area contributed by atoms with E-state index in [1.807, 2.05) is 54.6 Å². The summed E-state index contributed by atoms with van der Waals surface area (Å²) in [5.74, 6) is 11.1. The zero-order chi connectivity index (χ0) is 17.9. The number of carbonyl (C=O) groups is 1. The largest absolute Gasteiger partial charge is 0.328 e. The van der Waals surface area contributed by atoms with E-state index in [1.54, 1.807) is 5.48 Å². The predicted octanol–water partition coefficient (Wildman–Crippen LogP) is 1.01. The van der Waals surface area contributed by atoms with Crippen molar-refractivity contribution < 1.29 is 10.0 Å². The smallest absolute Gasteiger partial charge is 0.261 e. The maximum Gasteiger partial charge on any atom is 0.261 e. The lowest BCUT2D eigenvalue weighted by molar-refractivity contribution is -0.131. The molecule has 1 amide bonds. The van der Waals surface area contributed by atoms with Crippen LogP contribution in [-0.2, 0) is 11.3 Å². The minimum absolute atomic E-state index is 0.0933. The fourth-order valence-corrected chi connectivity index (χ4v) is 2.04. The molecule has 1 atom stereocenters. The van der Waals surface area contributed by atoms with E-state index in [2.05, 4.69) is 29.0 Å². The van der Waals surface area contributed by atoms with Crippen molar-refractivity contribution in [2.75, 3.05) is 6.54 Å². The summed E-state index contributed by atoms with van der Waals surface area (Å²) in [7, 11) is 0. The molecule has 2 rings (SSSR count). The van der Waals surface area contributed by atoms with Gasteiger partial charge in [0.1, 0.15) is 6.04 Å². The first-order valence-electron chi connectivity index (χ1n) is 7.76. The zero-order valence-electron chi connectivity index (χ0n) is 13.6. The lowest BCUT2D eigenvalue weighted by atomic mass is 10.1. The van der Waals surface area contributed by atoms with Gasteiger partial charge in [-0.3, -0.25) is 10.0 Å². The summed E-state index contributed by atoms with van der Waals surface area (Å²) < 4.78 is 0. The van der Waals surface area contributed by atoms with Crippen LogP contribution in [0.4, 0.5) is 0 Å². The van der Waals surface area contributed by atoms with Gasteiger partial charge >= 0.3 is 0 Å². The van der Waals surface area contributed by atoms with Crippen molar-refractivity contribution in [2.45, 2.75) is 12.6 Å². The van der Waals surface area contributed by atoms with Crippen molar-refractivity contribution in [2.24, 2.45) is 5.73 Å². The second-order valence-corrected chi connectivity index (χ2v) is 5.21. The molecule has 5 nitrogen and oxygen atoms in total. The number of rotatable bonds is 5. The van der Waals surface area contributed by atoms with Crippen LogP contribution in [0.15, 0.2) is 54.6 Å². The molecule has 0 bridgehead atoms. The molecule has 0 fully saturated rings. The molecule has 0 spiro atoms. The number of nitrogens with one attached hydrogen (secondary N) is 2. The van der Waals surface area contributed by atoms with Gasteiger partial charge in [0, 0.05) is 24.2 Å². The first-order valence-corrected chi connectivity index (χ1v) is 7.76. The van der Waals surface area contributed by atoms with Crippen LogP contribution in [0, 0.1) is 23.7 Å². The summed E-state index contributed by atoms with van der Waals surface area (Å²) in [4.78, 5) is 11.3. The van der Waals surface area contributed by atoms with Gasteiger partial charge in [0.2, 0.25) is 0 Å². The quantitative estimate of drug-likeness (QED) is 0.374. The first kappa shape index (κ1) is 18.3. The molecule has 0 radical (unpaired) electrons. The molecule has 2 aromatic rings. The monoisotopic (exact) mass is 333 g/mol. The van der Waals surface area contributed by atoms with Gasteiger partial charge in [0.05, 0.1) is 0 Å². The average molecular weight is 333 g/mol. The Morgan fingerprint density at radius 2 is 1.60 bits per heavy atom. The Bertz CT molecular complexity index is 809. The fourth-order valence-electron chi connectivity index (χ4n) is 2.04. The third kappa shape index (κ3) is 6.14. The molecule has 0 aliphatic heterocycles. The minimum atomic E-state index is -0.641. The van der Waals surface area contributed by atoms with Gasteiger partial charge in [0.15, 0.2) is 0 Å². The summed E-state index contributed by atoms with van der Waals surface area (Å²) in [6, 6.07) is 16.6. The molecule has 0 aromatic heterocycles. The molecular weight excluding hydrogens is 314 g/mol. The molecule has 0 saturated heterocycles. The SMILES string of the molecule is NC[C@H](NCc1ccc(C#CC#Cc2ccccc2)cc1)C(=O)NO. The van der Waals surface area contributed by atoms with E-state index in [1.165, 1.54) is 0 Å². The summed E-state index contributed by atoms with van der Waals surface area (Å²) in [5.41, 5.74) is 9.83. The van der Waals surface area contributed by atoms with Crippen molar-refractivity contribution >= 4 is 5.91 Å². The lowest BCUT2D eigenvalue weighted by Gasteiger charge is -2.14. The summed E-state index contributed by atoms with van der Waals surface area (Å²) >= 11 is 0. The van der Waals surface area contributed by atoms with Gasteiger partial charge < -0.3 is 11.1 Å². The number of hydroxylamine groups is 1. The molecule has 0 heterocycles. The van der Waals surface area contributed by atoms with Gasteiger partial charge in [-0.1, -0.05) is 42.2 Å². The van der Waals surface area contributed by atoms with Crippen LogP contribution < -0.4 is 16.5 Å². The molecule has 5 heteroatoms. The summed E-state index contributed by atoms with van der Waals surface area (Å²) in [5, 5.41) is 11.6. The van der Waals surface area contributed by atoms with E-state index in [0.717, 1.165) is 16.7 Å². The predicted molar refractivity (Wildman–Crippen MR) is 96.3 cm³/mol. The number of hydrogen-bond acceptors (Lipinski definition) is 4. The van der Waals surface area contributed by atoms with Crippen molar-refractivity contribution in [1.29, 1.82) is 0 Å². The third-order valence-electron chi connectivity index (χ3n) is 3.42. The Balaban J connectivity index is 1.91. The number of amides is 1. The Labute approximate surface area is 147 Å². The van der Waals surface area contributed by atoms with Crippen LogP contribution in [0.5, 0.6) is 0 Å². The second kappa shape index (κ2) is 9.92. The summed E-state index contributed by atoms with van der Waals surface area (Å²) in [6.45, 7) is 0.548.